The number of nitrogens with one attached hydrogen (secondary N) is 1. The van der Waals surface area contributed by atoms with Crippen molar-refractivity contribution in [1.82, 2.24) is 10.2 Å². The van der Waals surface area contributed by atoms with E-state index in [1.807, 2.05) is 37.3 Å². The van der Waals surface area contributed by atoms with Gasteiger partial charge in [-0.25, -0.2) is 0 Å². The molecule has 0 saturated heterocycles. The van der Waals surface area contributed by atoms with Crippen LogP contribution in [0.1, 0.15) is 27.4 Å². The molecule has 0 atom stereocenters. The van der Waals surface area contributed by atoms with Gasteiger partial charge in [0, 0.05) is 5.56 Å². The van der Waals surface area contributed by atoms with Crippen LogP contribution in [-0.2, 0) is 6.42 Å². The third-order valence-corrected chi connectivity index (χ3v) is 3.76. The topological polar surface area (TPSA) is 86.5 Å². The van der Waals surface area contributed by atoms with Crippen LogP contribution in [0.3, 0.4) is 0 Å². The minimum absolute atomic E-state index is 0.0715. The minimum atomic E-state index is -0.290. The Morgan fingerprint density at radius 3 is 2.88 bits per heavy atom. The Balaban J connectivity index is 1.44. The second kappa shape index (κ2) is 6.27. The predicted octanol–water partition coefficient (Wildman–Crippen LogP) is 2.95. The second-order valence-electron chi connectivity index (χ2n) is 5.69. The average Bonchev–Trinajstić information content (AvgIpc) is 3.24. The Bertz CT molecular complexity index is 936. The van der Waals surface area contributed by atoms with Crippen molar-refractivity contribution in [2.45, 2.75) is 13.3 Å². The van der Waals surface area contributed by atoms with Gasteiger partial charge in [0.2, 0.25) is 12.7 Å². The van der Waals surface area contributed by atoms with Crippen LogP contribution in [0.4, 0.5) is 6.01 Å². The van der Waals surface area contributed by atoms with Crippen molar-refractivity contribution in [2.75, 3.05) is 12.1 Å². The first-order valence-electron chi connectivity index (χ1n) is 7.76. The van der Waals surface area contributed by atoms with Gasteiger partial charge in [-0.15, -0.1) is 5.10 Å². The highest BCUT2D eigenvalue weighted by Crippen LogP contribution is 2.33. The van der Waals surface area contributed by atoms with Gasteiger partial charge in [0.1, 0.15) is 0 Å². The standard InChI is InChI=1S/C18H15N3O4/c1-11-3-2-4-13(7-11)17(22)19-18-21-20-16(25-18)9-12-5-6-14-15(8-12)24-10-23-14/h2-8H,9-10H2,1H3,(H,19,21,22). The van der Waals surface area contributed by atoms with Gasteiger partial charge < -0.3 is 13.9 Å². The fraction of sp³-hybridized carbons (Fsp3) is 0.167. The summed E-state index contributed by atoms with van der Waals surface area (Å²) in [5.74, 6) is 1.53. The molecule has 0 unspecified atom stereocenters. The van der Waals surface area contributed by atoms with Gasteiger partial charge in [-0.05, 0) is 36.8 Å². The summed E-state index contributed by atoms with van der Waals surface area (Å²) in [4.78, 5) is 12.2. The van der Waals surface area contributed by atoms with Crippen LogP contribution >= 0.6 is 0 Å². The normalized spacial score (nSPS) is 12.2. The molecule has 25 heavy (non-hydrogen) atoms. The molecule has 0 bridgehead atoms. The summed E-state index contributed by atoms with van der Waals surface area (Å²) in [6.45, 7) is 2.15. The van der Waals surface area contributed by atoms with Gasteiger partial charge in [-0.1, -0.05) is 28.9 Å². The lowest BCUT2D eigenvalue weighted by Gasteiger charge is -2.01. The second-order valence-corrected chi connectivity index (χ2v) is 5.69. The monoisotopic (exact) mass is 337 g/mol. The van der Waals surface area contributed by atoms with Crippen molar-refractivity contribution in [3.05, 3.63) is 65.0 Å². The van der Waals surface area contributed by atoms with Gasteiger partial charge in [0.05, 0.1) is 6.42 Å². The zero-order chi connectivity index (χ0) is 17.2. The minimum Gasteiger partial charge on any atom is -0.454 e. The Hall–Kier alpha value is -3.35. The highest BCUT2D eigenvalue weighted by Gasteiger charge is 2.16. The van der Waals surface area contributed by atoms with E-state index in [-0.39, 0.29) is 18.7 Å². The van der Waals surface area contributed by atoms with E-state index in [1.165, 1.54) is 0 Å². The number of aromatic nitrogens is 2. The quantitative estimate of drug-likeness (QED) is 0.788. The van der Waals surface area contributed by atoms with E-state index in [9.17, 15) is 4.79 Å². The molecule has 1 N–H and O–H groups in total. The lowest BCUT2D eigenvalue weighted by molar-refractivity contribution is 0.102. The van der Waals surface area contributed by atoms with Crippen LogP contribution < -0.4 is 14.8 Å². The van der Waals surface area contributed by atoms with Crippen LogP contribution in [0.5, 0.6) is 11.5 Å². The number of anilines is 1. The Labute approximate surface area is 143 Å². The van der Waals surface area contributed by atoms with Crippen LogP contribution in [0, 0.1) is 6.92 Å². The zero-order valence-electron chi connectivity index (χ0n) is 13.5. The zero-order valence-corrected chi connectivity index (χ0v) is 13.5. The summed E-state index contributed by atoms with van der Waals surface area (Å²) in [6, 6.07) is 13.0. The fourth-order valence-corrected chi connectivity index (χ4v) is 2.56. The first-order valence-corrected chi connectivity index (χ1v) is 7.76. The predicted molar refractivity (Wildman–Crippen MR) is 88.8 cm³/mol. The average molecular weight is 337 g/mol. The molecule has 126 valence electrons. The lowest BCUT2D eigenvalue weighted by Crippen LogP contribution is -2.12. The van der Waals surface area contributed by atoms with Crippen molar-refractivity contribution in [1.29, 1.82) is 0 Å². The maximum atomic E-state index is 12.2. The molecule has 0 radical (unpaired) electrons. The molecular weight excluding hydrogens is 322 g/mol. The summed E-state index contributed by atoms with van der Waals surface area (Å²) < 4.78 is 16.1. The molecule has 7 nitrogen and oxygen atoms in total. The third-order valence-electron chi connectivity index (χ3n) is 3.76. The molecule has 1 aromatic heterocycles. The van der Waals surface area contributed by atoms with E-state index in [4.69, 9.17) is 13.9 Å². The summed E-state index contributed by atoms with van der Waals surface area (Å²) in [5, 5.41) is 10.4. The largest absolute Gasteiger partial charge is 0.454 e. The number of carbonyl (C=O) groups is 1. The molecule has 7 heteroatoms. The van der Waals surface area contributed by atoms with E-state index >= 15 is 0 Å². The molecule has 0 spiro atoms. The maximum absolute atomic E-state index is 12.2. The summed E-state index contributed by atoms with van der Waals surface area (Å²) in [6.07, 6.45) is 0.434. The van der Waals surface area contributed by atoms with E-state index in [0.29, 0.717) is 23.6 Å². The van der Waals surface area contributed by atoms with Crippen molar-refractivity contribution < 1.29 is 18.7 Å². The van der Waals surface area contributed by atoms with E-state index in [0.717, 1.165) is 16.9 Å². The van der Waals surface area contributed by atoms with Crippen molar-refractivity contribution in [3.8, 4) is 11.5 Å². The van der Waals surface area contributed by atoms with Crippen LogP contribution in [0.15, 0.2) is 46.9 Å². The van der Waals surface area contributed by atoms with E-state index in [2.05, 4.69) is 15.5 Å². The number of hydrogen-bond donors (Lipinski definition) is 1. The first-order chi connectivity index (χ1) is 12.2. The van der Waals surface area contributed by atoms with Crippen LogP contribution in [0.2, 0.25) is 0 Å². The van der Waals surface area contributed by atoms with Gasteiger partial charge in [-0.2, -0.15) is 0 Å². The number of benzene rings is 2. The molecule has 3 aromatic rings. The molecule has 1 amide bonds. The summed E-state index contributed by atoms with van der Waals surface area (Å²) >= 11 is 0. The SMILES string of the molecule is Cc1cccc(C(=O)Nc2nnc(Cc3ccc4c(c3)OCO4)o2)c1. The fourth-order valence-electron chi connectivity index (χ4n) is 2.56. The maximum Gasteiger partial charge on any atom is 0.322 e. The molecule has 1 aliphatic rings. The van der Waals surface area contributed by atoms with Crippen molar-refractivity contribution in [3.63, 3.8) is 0 Å². The number of nitrogens with zero attached hydrogens (tertiary/aromatic N) is 2. The molecule has 0 fully saturated rings. The smallest absolute Gasteiger partial charge is 0.322 e. The van der Waals surface area contributed by atoms with E-state index in [1.54, 1.807) is 12.1 Å². The Morgan fingerprint density at radius 1 is 1.12 bits per heavy atom. The molecule has 1 aliphatic heterocycles. The summed E-state index contributed by atoms with van der Waals surface area (Å²) in [5.41, 5.74) is 2.49. The number of amides is 1. The highest BCUT2D eigenvalue weighted by molar-refractivity contribution is 6.03. The molecule has 2 heterocycles. The van der Waals surface area contributed by atoms with Crippen LogP contribution in [0.25, 0.3) is 0 Å². The van der Waals surface area contributed by atoms with Gasteiger partial charge in [-0.3, -0.25) is 10.1 Å². The van der Waals surface area contributed by atoms with Gasteiger partial charge in [0.15, 0.2) is 11.5 Å². The molecular formula is C18H15N3O4. The van der Waals surface area contributed by atoms with Crippen LogP contribution in [-0.4, -0.2) is 22.9 Å². The molecule has 0 aliphatic carbocycles. The molecule has 0 saturated carbocycles. The Morgan fingerprint density at radius 2 is 2.00 bits per heavy atom. The van der Waals surface area contributed by atoms with Crippen molar-refractivity contribution >= 4 is 11.9 Å². The molecule has 4 rings (SSSR count). The number of carbonyl (C=O) groups excluding carboxylic acids is 1. The van der Waals surface area contributed by atoms with E-state index < -0.39 is 0 Å². The number of ether oxygens (including phenoxy) is 2. The first kappa shape index (κ1) is 15.2. The Kier molecular flexibility index (Phi) is 3.81. The number of fused-ring (bicyclic) bond motifs is 1. The number of aryl methyl sites for hydroxylation is 1. The number of rotatable bonds is 4. The summed E-state index contributed by atoms with van der Waals surface area (Å²) in [7, 11) is 0. The highest BCUT2D eigenvalue weighted by atomic mass is 16.7. The van der Waals surface area contributed by atoms with Crippen molar-refractivity contribution in [2.24, 2.45) is 0 Å². The number of hydrogen-bond acceptors (Lipinski definition) is 6. The van der Waals surface area contributed by atoms with Gasteiger partial charge in [0.25, 0.3) is 5.91 Å². The third kappa shape index (κ3) is 3.30. The lowest BCUT2D eigenvalue weighted by atomic mass is 10.1. The molecule has 2 aromatic carbocycles. The van der Waals surface area contributed by atoms with Gasteiger partial charge >= 0.3 is 6.01 Å².